The highest BCUT2D eigenvalue weighted by Gasteiger charge is 2.35. The SMILES string of the molecule is CCc1nc2ccccc2c(C(=O)OCC(=O)N(CC(C)C)C2CCS(=O)(=O)C2)c1C. The summed E-state index contributed by atoms with van der Waals surface area (Å²) in [6, 6.07) is 7.00. The summed E-state index contributed by atoms with van der Waals surface area (Å²) in [6.45, 7) is 7.75. The highest BCUT2D eigenvalue weighted by Crippen LogP contribution is 2.25. The van der Waals surface area contributed by atoms with Crippen molar-refractivity contribution in [1.29, 1.82) is 0 Å². The van der Waals surface area contributed by atoms with Crippen molar-refractivity contribution < 1.29 is 22.7 Å². The third-order valence-corrected chi connectivity index (χ3v) is 7.38. The smallest absolute Gasteiger partial charge is 0.339 e. The van der Waals surface area contributed by atoms with Crippen molar-refractivity contribution in [3.63, 3.8) is 0 Å². The van der Waals surface area contributed by atoms with E-state index in [1.54, 1.807) is 4.90 Å². The van der Waals surface area contributed by atoms with Crippen molar-refractivity contribution in [1.82, 2.24) is 9.88 Å². The summed E-state index contributed by atoms with van der Waals surface area (Å²) in [4.78, 5) is 32.1. The number of aryl methyl sites for hydroxylation is 1. The molecule has 0 saturated carbocycles. The number of carbonyl (C=O) groups is 2. The number of carbonyl (C=O) groups excluding carboxylic acids is 2. The minimum absolute atomic E-state index is 0.0344. The third-order valence-electron chi connectivity index (χ3n) is 5.63. The first-order chi connectivity index (χ1) is 14.6. The number of para-hydroxylation sites is 1. The first-order valence-electron chi connectivity index (χ1n) is 10.7. The van der Waals surface area contributed by atoms with Gasteiger partial charge in [-0.2, -0.15) is 0 Å². The van der Waals surface area contributed by atoms with Crippen LogP contribution >= 0.6 is 0 Å². The highest BCUT2D eigenvalue weighted by molar-refractivity contribution is 7.91. The number of rotatable bonds is 7. The Balaban J connectivity index is 1.81. The zero-order valence-electron chi connectivity index (χ0n) is 18.6. The van der Waals surface area contributed by atoms with E-state index in [2.05, 4.69) is 4.98 Å². The third kappa shape index (κ3) is 5.23. The number of amides is 1. The molecular weight excluding hydrogens is 416 g/mol. The molecule has 0 aliphatic carbocycles. The second kappa shape index (κ2) is 9.34. The highest BCUT2D eigenvalue weighted by atomic mass is 32.2. The number of sulfone groups is 1. The first-order valence-corrected chi connectivity index (χ1v) is 12.5. The van der Waals surface area contributed by atoms with Gasteiger partial charge in [-0.15, -0.1) is 0 Å². The fourth-order valence-electron chi connectivity index (χ4n) is 4.12. The van der Waals surface area contributed by atoms with Gasteiger partial charge in [0.2, 0.25) is 0 Å². The molecular formula is C23H30N2O5S. The molecule has 1 aromatic carbocycles. The number of fused-ring (bicyclic) bond motifs is 1. The van der Waals surface area contributed by atoms with Crippen LogP contribution in [-0.2, 0) is 25.8 Å². The van der Waals surface area contributed by atoms with Gasteiger partial charge in [0.25, 0.3) is 5.91 Å². The van der Waals surface area contributed by atoms with Gasteiger partial charge in [-0.25, -0.2) is 13.2 Å². The van der Waals surface area contributed by atoms with E-state index in [1.807, 2.05) is 52.0 Å². The molecule has 1 amide bonds. The van der Waals surface area contributed by atoms with E-state index >= 15 is 0 Å². The van der Waals surface area contributed by atoms with E-state index in [1.165, 1.54) is 0 Å². The molecule has 0 N–H and O–H groups in total. The Morgan fingerprint density at radius 2 is 1.97 bits per heavy atom. The maximum Gasteiger partial charge on any atom is 0.339 e. The Morgan fingerprint density at radius 1 is 1.26 bits per heavy atom. The largest absolute Gasteiger partial charge is 0.452 e. The van der Waals surface area contributed by atoms with E-state index in [4.69, 9.17) is 4.74 Å². The van der Waals surface area contributed by atoms with Gasteiger partial charge in [0.1, 0.15) is 0 Å². The van der Waals surface area contributed by atoms with Crippen molar-refractivity contribution in [2.75, 3.05) is 24.7 Å². The summed E-state index contributed by atoms with van der Waals surface area (Å²) in [5.41, 5.74) is 2.70. The van der Waals surface area contributed by atoms with Crippen LogP contribution in [0.5, 0.6) is 0 Å². The van der Waals surface area contributed by atoms with Crippen molar-refractivity contribution >= 4 is 32.6 Å². The van der Waals surface area contributed by atoms with Gasteiger partial charge in [0, 0.05) is 23.7 Å². The Bertz CT molecular complexity index is 1090. The van der Waals surface area contributed by atoms with E-state index < -0.39 is 22.4 Å². The molecule has 168 valence electrons. The molecule has 0 bridgehead atoms. The minimum atomic E-state index is -3.13. The lowest BCUT2D eigenvalue weighted by atomic mass is 10.0. The Morgan fingerprint density at radius 3 is 2.58 bits per heavy atom. The zero-order valence-corrected chi connectivity index (χ0v) is 19.4. The molecule has 1 aromatic heterocycles. The molecule has 1 atom stereocenters. The molecule has 1 aliphatic rings. The second-order valence-corrected chi connectivity index (χ2v) is 10.7. The van der Waals surface area contributed by atoms with Crippen LogP contribution in [0.4, 0.5) is 0 Å². The number of benzene rings is 1. The molecule has 0 spiro atoms. The number of ether oxygens (including phenoxy) is 1. The van der Waals surface area contributed by atoms with Gasteiger partial charge in [-0.1, -0.05) is 39.0 Å². The zero-order chi connectivity index (χ0) is 22.8. The van der Waals surface area contributed by atoms with Crippen LogP contribution in [0.1, 0.15) is 48.8 Å². The van der Waals surface area contributed by atoms with Crippen molar-refractivity contribution in [3.05, 3.63) is 41.1 Å². The standard InChI is InChI=1S/C23H30N2O5S/c1-5-19-16(4)22(18-8-6-7-9-20(18)24-19)23(27)30-13-21(26)25(12-15(2)3)17-10-11-31(28,29)14-17/h6-9,15,17H,5,10-14H2,1-4H3. The van der Waals surface area contributed by atoms with E-state index in [0.717, 1.165) is 11.3 Å². The molecule has 2 aromatic rings. The minimum Gasteiger partial charge on any atom is -0.452 e. The van der Waals surface area contributed by atoms with Crippen LogP contribution in [0.25, 0.3) is 10.9 Å². The topological polar surface area (TPSA) is 93.6 Å². The number of nitrogens with zero attached hydrogens (tertiary/aromatic N) is 2. The lowest BCUT2D eigenvalue weighted by Crippen LogP contribution is -2.45. The second-order valence-electron chi connectivity index (χ2n) is 8.50. The van der Waals surface area contributed by atoms with Gasteiger partial charge >= 0.3 is 5.97 Å². The van der Waals surface area contributed by atoms with E-state index in [0.29, 0.717) is 35.9 Å². The van der Waals surface area contributed by atoms with Crippen LogP contribution in [0, 0.1) is 12.8 Å². The fourth-order valence-corrected chi connectivity index (χ4v) is 5.85. The van der Waals surface area contributed by atoms with Crippen LogP contribution in [0.3, 0.4) is 0 Å². The van der Waals surface area contributed by atoms with Crippen LogP contribution in [-0.4, -0.2) is 60.9 Å². The summed E-state index contributed by atoms with van der Waals surface area (Å²) in [7, 11) is -3.13. The quantitative estimate of drug-likeness (QED) is 0.607. The maximum absolute atomic E-state index is 13.0. The lowest BCUT2D eigenvalue weighted by Gasteiger charge is -2.29. The molecule has 7 nitrogen and oxygen atoms in total. The molecule has 1 unspecified atom stereocenters. The summed E-state index contributed by atoms with van der Waals surface area (Å²) >= 11 is 0. The van der Waals surface area contributed by atoms with Gasteiger partial charge in [0.15, 0.2) is 16.4 Å². The molecule has 2 heterocycles. The Kier molecular flexibility index (Phi) is 6.99. The van der Waals surface area contributed by atoms with Crippen LogP contribution in [0.15, 0.2) is 24.3 Å². The summed E-state index contributed by atoms with van der Waals surface area (Å²) < 4.78 is 29.2. The molecule has 1 saturated heterocycles. The number of esters is 1. The first kappa shape index (κ1) is 23.2. The van der Waals surface area contributed by atoms with Gasteiger partial charge in [-0.3, -0.25) is 9.78 Å². The molecule has 0 radical (unpaired) electrons. The molecule has 8 heteroatoms. The monoisotopic (exact) mass is 446 g/mol. The molecule has 1 fully saturated rings. The summed E-state index contributed by atoms with van der Waals surface area (Å²) in [5.74, 6) is -0.714. The summed E-state index contributed by atoms with van der Waals surface area (Å²) in [6.07, 6.45) is 1.09. The number of aromatic nitrogens is 1. The predicted octanol–water partition coefficient (Wildman–Crippen LogP) is 2.93. The molecule has 3 rings (SSSR count). The van der Waals surface area contributed by atoms with Gasteiger partial charge in [-0.05, 0) is 37.3 Å². The molecule has 31 heavy (non-hydrogen) atoms. The van der Waals surface area contributed by atoms with E-state index in [9.17, 15) is 18.0 Å². The Hall–Kier alpha value is -2.48. The molecule has 1 aliphatic heterocycles. The van der Waals surface area contributed by atoms with Crippen molar-refractivity contribution in [2.45, 2.75) is 46.6 Å². The van der Waals surface area contributed by atoms with E-state index in [-0.39, 0.29) is 29.4 Å². The Labute approximate surface area is 183 Å². The van der Waals surface area contributed by atoms with Crippen molar-refractivity contribution in [3.8, 4) is 0 Å². The average Bonchev–Trinajstić information content (AvgIpc) is 3.08. The normalized spacial score (nSPS) is 17.8. The number of hydrogen-bond acceptors (Lipinski definition) is 6. The van der Waals surface area contributed by atoms with Gasteiger partial charge in [0.05, 0.1) is 22.6 Å². The average molecular weight is 447 g/mol. The van der Waals surface area contributed by atoms with Crippen LogP contribution in [0.2, 0.25) is 0 Å². The van der Waals surface area contributed by atoms with Crippen molar-refractivity contribution in [2.24, 2.45) is 5.92 Å². The maximum atomic E-state index is 13.0. The number of hydrogen-bond donors (Lipinski definition) is 0. The predicted molar refractivity (Wildman–Crippen MR) is 120 cm³/mol. The lowest BCUT2D eigenvalue weighted by molar-refractivity contribution is -0.137. The number of pyridine rings is 1. The van der Waals surface area contributed by atoms with Gasteiger partial charge < -0.3 is 9.64 Å². The van der Waals surface area contributed by atoms with Crippen LogP contribution < -0.4 is 0 Å². The summed E-state index contributed by atoms with van der Waals surface area (Å²) in [5, 5.41) is 0.690. The fraction of sp³-hybridized carbons (Fsp3) is 0.522.